The van der Waals surface area contributed by atoms with Gasteiger partial charge in [0.05, 0.1) is 0 Å². The van der Waals surface area contributed by atoms with Crippen LogP contribution in [-0.4, -0.2) is 12.6 Å². The standard InChI is InChI=1S/C14H19F2N/c1-3-5-13(17-8-4-2)9-11-6-7-12(15)10-14(11)16/h3,6-7,10,13,17H,1,4-5,8-9H2,2H3. The van der Waals surface area contributed by atoms with Gasteiger partial charge in [-0.3, -0.25) is 0 Å². The molecule has 0 radical (unpaired) electrons. The van der Waals surface area contributed by atoms with Crippen molar-refractivity contribution < 1.29 is 8.78 Å². The van der Waals surface area contributed by atoms with E-state index in [4.69, 9.17) is 0 Å². The van der Waals surface area contributed by atoms with Crippen molar-refractivity contribution in [2.45, 2.75) is 32.2 Å². The second-order valence-corrected chi connectivity index (χ2v) is 4.12. The van der Waals surface area contributed by atoms with E-state index in [0.29, 0.717) is 12.0 Å². The van der Waals surface area contributed by atoms with Crippen molar-refractivity contribution in [3.8, 4) is 0 Å². The Labute approximate surface area is 102 Å². The number of benzene rings is 1. The Kier molecular flexibility index (Phi) is 5.84. The largest absolute Gasteiger partial charge is 0.313 e. The van der Waals surface area contributed by atoms with E-state index >= 15 is 0 Å². The highest BCUT2D eigenvalue weighted by molar-refractivity contribution is 5.19. The first-order chi connectivity index (χ1) is 8.17. The zero-order valence-electron chi connectivity index (χ0n) is 10.2. The van der Waals surface area contributed by atoms with E-state index in [1.54, 1.807) is 0 Å². The molecule has 1 nitrogen and oxygen atoms in total. The van der Waals surface area contributed by atoms with Gasteiger partial charge in [-0.05, 0) is 37.4 Å². The summed E-state index contributed by atoms with van der Waals surface area (Å²) in [7, 11) is 0. The first-order valence-corrected chi connectivity index (χ1v) is 5.95. The molecule has 1 rings (SSSR count). The summed E-state index contributed by atoms with van der Waals surface area (Å²) in [6, 6.07) is 3.89. The minimum Gasteiger partial charge on any atom is -0.313 e. The van der Waals surface area contributed by atoms with E-state index in [-0.39, 0.29) is 6.04 Å². The van der Waals surface area contributed by atoms with E-state index in [9.17, 15) is 8.78 Å². The van der Waals surface area contributed by atoms with Crippen LogP contribution in [-0.2, 0) is 6.42 Å². The van der Waals surface area contributed by atoms with Crippen molar-refractivity contribution in [3.63, 3.8) is 0 Å². The molecule has 1 aromatic carbocycles. The molecule has 1 atom stereocenters. The van der Waals surface area contributed by atoms with E-state index in [0.717, 1.165) is 25.5 Å². The molecule has 1 aromatic rings. The molecule has 0 aliphatic heterocycles. The smallest absolute Gasteiger partial charge is 0.129 e. The molecule has 0 fully saturated rings. The SMILES string of the molecule is C=CCC(Cc1ccc(F)cc1F)NCCC. The van der Waals surface area contributed by atoms with Gasteiger partial charge < -0.3 is 5.32 Å². The van der Waals surface area contributed by atoms with Crippen LogP contribution in [0.25, 0.3) is 0 Å². The normalized spacial score (nSPS) is 12.4. The van der Waals surface area contributed by atoms with Crippen molar-refractivity contribution in [2.24, 2.45) is 0 Å². The summed E-state index contributed by atoms with van der Waals surface area (Å²) in [5.74, 6) is -1.01. The molecule has 17 heavy (non-hydrogen) atoms. The molecule has 0 aliphatic carbocycles. The molecule has 1 N–H and O–H groups in total. The summed E-state index contributed by atoms with van der Waals surface area (Å²) in [5.41, 5.74) is 0.543. The predicted molar refractivity (Wildman–Crippen MR) is 67.0 cm³/mol. The van der Waals surface area contributed by atoms with Crippen LogP contribution in [0.3, 0.4) is 0 Å². The molecule has 0 bridgehead atoms. The fourth-order valence-electron chi connectivity index (χ4n) is 1.74. The Morgan fingerprint density at radius 1 is 1.41 bits per heavy atom. The first-order valence-electron chi connectivity index (χ1n) is 5.95. The monoisotopic (exact) mass is 239 g/mol. The van der Waals surface area contributed by atoms with Crippen LogP contribution in [0, 0.1) is 11.6 Å². The summed E-state index contributed by atoms with van der Waals surface area (Å²) in [4.78, 5) is 0. The van der Waals surface area contributed by atoms with Gasteiger partial charge in [-0.25, -0.2) is 8.78 Å². The van der Waals surface area contributed by atoms with Gasteiger partial charge in [0.1, 0.15) is 11.6 Å². The Hall–Kier alpha value is -1.22. The van der Waals surface area contributed by atoms with Gasteiger partial charge in [0.2, 0.25) is 0 Å². The van der Waals surface area contributed by atoms with Crippen LogP contribution in [0.2, 0.25) is 0 Å². The van der Waals surface area contributed by atoms with E-state index in [1.807, 2.05) is 6.08 Å². The summed E-state index contributed by atoms with van der Waals surface area (Å²) >= 11 is 0. The van der Waals surface area contributed by atoms with E-state index < -0.39 is 11.6 Å². The molecule has 3 heteroatoms. The van der Waals surface area contributed by atoms with Crippen LogP contribution in [0.1, 0.15) is 25.3 Å². The molecule has 0 saturated carbocycles. The third-order valence-electron chi connectivity index (χ3n) is 2.62. The summed E-state index contributed by atoms with van der Waals surface area (Å²) in [5, 5.41) is 3.33. The Morgan fingerprint density at radius 3 is 2.76 bits per heavy atom. The third kappa shape index (κ3) is 4.65. The van der Waals surface area contributed by atoms with E-state index in [1.165, 1.54) is 12.1 Å². The number of nitrogens with one attached hydrogen (secondary N) is 1. The third-order valence-corrected chi connectivity index (χ3v) is 2.62. The highest BCUT2D eigenvalue weighted by Gasteiger charge is 2.10. The minimum absolute atomic E-state index is 0.160. The van der Waals surface area contributed by atoms with Crippen LogP contribution in [0.15, 0.2) is 30.9 Å². The molecule has 0 amide bonds. The summed E-state index contributed by atoms with van der Waals surface area (Å²) in [6.45, 7) is 6.66. The average Bonchev–Trinajstić information content (AvgIpc) is 2.29. The maximum Gasteiger partial charge on any atom is 0.129 e. The van der Waals surface area contributed by atoms with Gasteiger partial charge in [-0.15, -0.1) is 6.58 Å². The van der Waals surface area contributed by atoms with Gasteiger partial charge in [-0.1, -0.05) is 19.1 Å². The average molecular weight is 239 g/mol. The summed E-state index contributed by atoms with van der Waals surface area (Å²) < 4.78 is 26.2. The maximum absolute atomic E-state index is 13.5. The molecule has 0 spiro atoms. The maximum atomic E-state index is 13.5. The number of hydrogen-bond donors (Lipinski definition) is 1. The fourth-order valence-corrected chi connectivity index (χ4v) is 1.74. The van der Waals surface area contributed by atoms with Crippen LogP contribution in [0.4, 0.5) is 8.78 Å². The van der Waals surface area contributed by atoms with E-state index in [2.05, 4.69) is 18.8 Å². The van der Waals surface area contributed by atoms with Crippen LogP contribution >= 0.6 is 0 Å². The summed E-state index contributed by atoms with van der Waals surface area (Å²) in [6.07, 6.45) is 4.17. The molecule has 0 saturated heterocycles. The van der Waals surface area contributed by atoms with Crippen molar-refractivity contribution in [2.75, 3.05) is 6.54 Å². The van der Waals surface area contributed by atoms with Gasteiger partial charge in [0, 0.05) is 12.1 Å². The molecular formula is C14H19F2N. The predicted octanol–water partition coefficient (Wildman–Crippen LogP) is 3.45. The fraction of sp³-hybridized carbons (Fsp3) is 0.429. The lowest BCUT2D eigenvalue weighted by Gasteiger charge is -2.17. The lowest BCUT2D eigenvalue weighted by atomic mass is 10.0. The molecule has 0 heterocycles. The van der Waals surface area contributed by atoms with Crippen LogP contribution in [0.5, 0.6) is 0 Å². The zero-order chi connectivity index (χ0) is 12.7. The Balaban J connectivity index is 2.67. The zero-order valence-corrected chi connectivity index (χ0v) is 10.2. The molecule has 0 aliphatic rings. The second-order valence-electron chi connectivity index (χ2n) is 4.12. The Bertz CT molecular complexity index is 363. The molecule has 94 valence electrons. The van der Waals surface area contributed by atoms with Crippen molar-refractivity contribution in [1.82, 2.24) is 5.32 Å². The molecule has 1 unspecified atom stereocenters. The number of hydrogen-bond acceptors (Lipinski definition) is 1. The molecular weight excluding hydrogens is 220 g/mol. The minimum atomic E-state index is -0.534. The second kappa shape index (κ2) is 7.17. The molecule has 0 aromatic heterocycles. The lowest BCUT2D eigenvalue weighted by Crippen LogP contribution is -2.31. The van der Waals surface area contributed by atoms with Gasteiger partial charge in [-0.2, -0.15) is 0 Å². The van der Waals surface area contributed by atoms with Gasteiger partial charge >= 0.3 is 0 Å². The van der Waals surface area contributed by atoms with Crippen molar-refractivity contribution in [1.29, 1.82) is 0 Å². The quantitative estimate of drug-likeness (QED) is 0.719. The number of rotatable bonds is 7. The number of halogens is 2. The highest BCUT2D eigenvalue weighted by atomic mass is 19.1. The van der Waals surface area contributed by atoms with Gasteiger partial charge in [0.25, 0.3) is 0 Å². The van der Waals surface area contributed by atoms with Crippen molar-refractivity contribution >= 4 is 0 Å². The van der Waals surface area contributed by atoms with Crippen molar-refractivity contribution in [3.05, 3.63) is 48.1 Å². The van der Waals surface area contributed by atoms with Gasteiger partial charge in [0.15, 0.2) is 0 Å². The lowest BCUT2D eigenvalue weighted by molar-refractivity contribution is 0.495. The highest BCUT2D eigenvalue weighted by Crippen LogP contribution is 2.13. The first kappa shape index (κ1) is 13.8. The Morgan fingerprint density at radius 2 is 2.18 bits per heavy atom. The van der Waals surface area contributed by atoms with Crippen LogP contribution < -0.4 is 5.32 Å². The topological polar surface area (TPSA) is 12.0 Å².